The highest BCUT2D eigenvalue weighted by molar-refractivity contribution is 7.90. The average Bonchev–Trinajstić information content (AvgIpc) is 3.89. The number of hydrogen-bond donors (Lipinski definition) is 1. The normalized spacial score (nSPS) is 11.5. The molecule has 0 amide bonds. The lowest BCUT2D eigenvalue weighted by Crippen LogP contribution is -2.18. The van der Waals surface area contributed by atoms with Crippen LogP contribution < -0.4 is 4.72 Å². The standard InChI is InChI=1S/C21H17FN4O2S.C21H16FN3O2S/c1-23-29(27,28)19-8-2-15(3-9-19)20-14-21(16-10-12-24-13-11-16)26(25-20)18-6-4-17(22)5-7-18;1-28(26,27)19-8-2-15(3-9-19)20-14-21(16-10-12-23-13-11-16)25(24-20)18-6-4-17(22)5-7-18/h2-14,23H,1H3;2-14H,1H3. The van der Waals surface area contributed by atoms with Gasteiger partial charge in [-0.05, 0) is 116 Å². The quantitative estimate of drug-likeness (QED) is 0.156. The van der Waals surface area contributed by atoms with Crippen molar-refractivity contribution >= 4 is 19.9 Å². The molecule has 1 N–H and O–H groups in total. The monoisotopic (exact) mass is 801 g/mol. The molecule has 8 rings (SSSR count). The van der Waals surface area contributed by atoms with E-state index in [1.54, 1.807) is 94.8 Å². The van der Waals surface area contributed by atoms with E-state index in [0.717, 1.165) is 33.6 Å². The molecular formula is C42H33F2N7O4S2. The lowest BCUT2D eigenvalue weighted by molar-refractivity contribution is 0.588. The zero-order valence-electron chi connectivity index (χ0n) is 30.4. The Bertz CT molecular complexity index is 2850. The van der Waals surface area contributed by atoms with Crippen molar-refractivity contribution < 1.29 is 25.6 Å². The van der Waals surface area contributed by atoms with Crippen LogP contribution in [0.1, 0.15) is 0 Å². The van der Waals surface area contributed by atoms with E-state index in [0.29, 0.717) is 22.8 Å². The molecule has 0 saturated carbocycles. The van der Waals surface area contributed by atoms with Crippen LogP contribution in [0, 0.1) is 11.6 Å². The van der Waals surface area contributed by atoms with Crippen molar-refractivity contribution in [2.45, 2.75) is 9.79 Å². The molecular weight excluding hydrogens is 769 g/mol. The fourth-order valence-corrected chi connectivity index (χ4v) is 7.22. The minimum Gasteiger partial charge on any atom is -0.265 e. The van der Waals surface area contributed by atoms with Crippen molar-refractivity contribution in [3.8, 4) is 56.4 Å². The van der Waals surface area contributed by atoms with Gasteiger partial charge in [-0.25, -0.2) is 39.7 Å². The minimum absolute atomic E-state index is 0.177. The molecule has 11 nitrogen and oxygen atoms in total. The number of hydrogen-bond acceptors (Lipinski definition) is 8. The van der Waals surface area contributed by atoms with Crippen LogP contribution in [-0.4, -0.2) is 59.7 Å². The summed E-state index contributed by atoms with van der Waals surface area (Å²) in [4.78, 5) is 8.53. The maximum absolute atomic E-state index is 13.4. The van der Waals surface area contributed by atoms with Gasteiger partial charge in [0.1, 0.15) is 11.6 Å². The molecule has 0 fully saturated rings. The van der Waals surface area contributed by atoms with E-state index in [2.05, 4.69) is 24.9 Å². The Labute approximate surface area is 327 Å². The number of sulfonamides is 1. The van der Waals surface area contributed by atoms with Gasteiger partial charge in [0.15, 0.2) is 9.84 Å². The summed E-state index contributed by atoms with van der Waals surface area (Å²) < 4.78 is 79.7. The predicted octanol–water partition coefficient (Wildman–Crippen LogP) is 7.79. The van der Waals surface area contributed by atoms with Crippen LogP contribution >= 0.6 is 0 Å². The van der Waals surface area contributed by atoms with E-state index in [1.165, 1.54) is 49.7 Å². The van der Waals surface area contributed by atoms with Crippen molar-refractivity contribution in [2.24, 2.45) is 0 Å². The van der Waals surface area contributed by atoms with Gasteiger partial charge in [0.25, 0.3) is 0 Å². The molecule has 15 heteroatoms. The van der Waals surface area contributed by atoms with Gasteiger partial charge >= 0.3 is 0 Å². The second-order valence-electron chi connectivity index (χ2n) is 12.6. The van der Waals surface area contributed by atoms with Crippen LogP contribution in [0.4, 0.5) is 8.78 Å². The van der Waals surface area contributed by atoms with Crippen LogP contribution in [0.2, 0.25) is 0 Å². The van der Waals surface area contributed by atoms with Crippen molar-refractivity contribution in [1.82, 2.24) is 34.3 Å². The Morgan fingerprint density at radius 2 is 0.860 bits per heavy atom. The van der Waals surface area contributed by atoms with Gasteiger partial charge in [-0.1, -0.05) is 24.3 Å². The molecule has 0 atom stereocenters. The van der Waals surface area contributed by atoms with Gasteiger partial charge in [-0.3, -0.25) is 9.97 Å². The molecule has 57 heavy (non-hydrogen) atoms. The number of rotatable bonds is 9. The molecule has 0 unspecified atom stereocenters. The molecule has 0 spiro atoms. The van der Waals surface area contributed by atoms with Crippen LogP contribution in [0.25, 0.3) is 56.4 Å². The van der Waals surface area contributed by atoms with Crippen LogP contribution in [0.15, 0.2) is 168 Å². The van der Waals surface area contributed by atoms with E-state index in [4.69, 9.17) is 0 Å². The van der Waals surface area contributed by atoms with Crippen LogP contribution in [0.3, 0.4) is 0 Å². The molecule has 0 saturated heterocycles. The van der Waals surface area contributed by atoms with Gasteiger partial charge in [0.05, 0.1) is 43.9 Å². The van der Waals surface area contributed by atoms with Crippen molar-refractivity contribution in [2.75, 3.05) is 13.3 Å². The third kappa shape index (κ3) is 8.75. The Balaban J connectivity index is 0.000000174. The number of nitrogens with zero attached hydrogens (tertiary/aromatic N) is 6. The minimum atomic E-state index is -3.51. The molecule has 0 aliphatic heterocycles. The van der Waals surface area contributed by atoms with Crippen molar-refractivity contribution in [3.63, 3.8) is 0 Å². The maximum atomic E-state index is 13.4. The summed E-state index contributed by atoms with van der Waals surface area (Å²) in [6, 6.07) is 36.5. The second-order valence-corrected chi connectivity index (χ2v) is 16.5. The smallest absolute Gasteiger partial charge is 0.240 e. The molecule has 0 aliphatic carbocycles. The van der Waals surface area contributed by atoms with Gasteiger partial charge in [0, 0.05) is 53.3 Å². The fraction of sp³-hybridized carbons (Fsp3) is 0.0476. The summed E-state index contributed by atoms with van der Waals surface area (Å²) >= 11 is 0. The average molecular weight is 802 g/mol. The number of nitrogens with one attached hydrogen (secondary N) is 1. The number of aromatic nitrogens is 6. The molecule has 0 bridgehead atoms. The third-order valence-corrected chi connectivity index (χ3v) is 11.4. The fourth-order valence-electron chi connectivity index (χ4n) is 5.85. The second kappa shape index (κ2) is 16.2. The first-order valence-electron chi connectivity index (χ1n) is 17.3. The lowest BCUT2D eigenvalue weighted by Gasteiger charge is -2.07. The first-order valence-corrected chi connectivity index (χ1v) is 20.6. The van der Waals surface area contributed by atoms with Crippen molar-refractivity contribution in [3.05, 3.63) is 170 Å². The Hall–Kier alpha value is -6.68. The lowest BCUT2D eigenvalue weighted by atomic mass is 10.1. The summed E-state index contributed by atoms with van der Waals surface area (Å²) in [6.07, 6.45) is 7.94. The molecule has 8 aromatic rings. The summed E-state index contributed by atoms with van der Waals surface area (Å²) in [7, 11) is -5.40. The maximum Gasteiger partial charge on any atom is 0.240 e. The zero-order chi connectivity index (χ0) is 40.2. The molecule has 286 valence electrons. The van der Waals surface area contributed by atoms with Gasteiger partial charge in [-0.15, -0.1) is 0 Å². The summed E-state index contributed by atoms with van der Waals surface area (Å²) in [6.45, 7) is 0. The summed E-state index contributed by atoms with van der Waals surface area (Å²) in [5, 5.41) is 9.35. The van der Waals surface area contributed by atoms with E-state index < -0.39 is 19.9 Å². The zero-order valence-corrected chi connectivity index (χ0v) is 32.0. The highest BCUT2D eigenvalue weighted by atomic mass is 32.2. The molecule has 4 heterocycles. The molecule has 4 aromatic heterocycles. The molecule has 4 aromatic carbocycles. The summed E-state index contributed by atoms with van der Waals surface area (Å²) in [5.74, 6) is -0.647. The Morgan fingerprint density at radius 3 is 1.21 bits per heavy atom. The molecule has 0 aliphatic rings. The predicted molar refractivity (Wildman–Crippen MR) is 214 cm³/mol. The van der Waals surface area contributed by atoms with Crippen LogP contribution in [0.5, 0.6) is 0 Å². The topological polar surface area (TPSA) is 142 Å². The van der Waals surface area contributed by atoms with Crippen LogP contribution in [-0.2, 0) is 19.9 Å². The number of benzene rings is 4. The van der Waals surface area contributed by atoms with E-state index in [9.17, 15) is 25.6 Å². The van der Waals surface area contributed by atoms with Gasteiger partial charge in [-0.2, -0.15) is 10.2 Å². The summed E-state index contributed by atoms with van der Waals surface area (Å²) in [5.41, 5.74) is 7.73. The first-order chi connectivity index (χ1) is 27.4. The highest BCUT2D eigenvalue weighted by Crippen LogP contribution is 2.31. The highest BCUT2D eigenvalue weighted by Gasteiger charge is 2.17. The molecule has 0 radical (unpaired) electrons. The van der Waals surface area contributed by atoms with E-state index >= 15 is 0 Å². The van der Waals surface area contributed by atoms with Gasteiger partial charge in [0.2, 0.25) is 10.0 Å². The third-order valence-electron chi connectivity index (χ3n) is 8.82. The Kier molecular flexibility index (Phi) is 11.0. The number of halogens is 2. The van der Waals surface area contributed by atoms with E-state index in [1.807, 2.05) is 36.4 Å². The number of sulfone groups is 1. The Morgan fingerprint density at radius 1 is 0.491 bits per heavy atom. The van der Waals surface area contributed by atoms with Gasteiger partial charge < -0.3 is 0 Å². The van der Waals surface area contributed by atoms with E-state index in [-0.39, 0.29) is 21.4 Å². The SMILES string of the molecule is CNS(=O)(=O)c1ccc(-c2cc(-c3ccncc3)n(-c3ccc(F)cc3)n2)cc1.CS(=O)(=O)c1ccc(-c2cc(-c3ccncc3)n(-c3ccc(F)cc3)n2)cc1. The van der Waals surface area contributed by atoms with Crippen molar-refractivity contribution in [1.29, 1.82) is 0 Å². The first kappa shape index (κ1) is 38.6. The largest absolute Gasteiger partial charge is 0.265 e. The number of pyridine rings is 2.